The Bertz CT molecular complexity index is 659. The molecule has 2 heterocycles. The van der Waals surface area contributed by atoms with E-state index in [0.29, 0.717) is 6.54 Å². The first-order valence-corrected chi connectivity index (χ1v) is 8.53. The van der Waals surface area contributed by atoms with Crippen molar-refractivity contribution in [3.05, 3.63) is 24.0 Å². The van der Waals surface area contributed by atoms with Crippen LogP contribution in [0.3, 0.4) is 0 Å². The minimum absolute atomic E-state index is 0.180. The molecule has 8 heteroatoms. The van der Waals surface area contributed by atoms with E-state index in [-0.39, 0.29) is 22.8 Å². The molecule has 1 aliphatic rings. The summed E-state index contributed by atoms with van der Waals surface area (Å²) in [5.41, 5.74) is 0.00874. The number of nitrogens with zero attached hydrogens (tertiary/aromatic N) is 2. The summed E-state index contributed by atoms with van der Waals surface area (Å²) in [5, 5.41) is 0. The number of hydrogen-bond acceptors (Lipinski definition) is 5. The Morgan fingerprint density at radius 3 is 2.68 bits per heavy atom. The fourth-order valence-electron chi connectivity index (χ4n) is 3.09. The molecule has 1 aromatic heterocycles. The first kappa shape index (κ1) is 16.7. The van der Waals surface area contributed by atoms with Gasteiger partial charge in [-0.2, -0.15) is 8.42 Å². The first-order chi connectivity index (χ1) is 10.3. The molecule has 1 amide bonds. The minimum atomic E-state index is -5.14. The molecule has 1 aliphatic heterocycles. The third-order valence-corrected chi connectivity index (χ3v) is 4.71. The molecule has 0 bridgehead atoms. The summed E-state index contributed by atoms with van der Waals surface area (Å²) in [5.74, 6) is -0.554. The highest BCUT2D eigenvalue weighted by Crippen LogP contribution is 2.36. The number of likely N-dealkylation sites (tertiary alicyclic amines) is 1. The third kappa shape index (κ3) is 3.37. The molecule has 0 aliphatic carbocycles. The van der Waals surface area contributed by atoms with Gasteiger partial charge >= 0.3 is 10.5 Å². The van der Waals surface area contributed by atoms with E-state index < -0.39 is 10.5 Å². The van der Waals surface area contributed by atoms with E-state index in [1.165, 1.54) is 12.3 Å². The summed E-state index contributed by atoms with van der Waals surface area (Å²) in [6.07, 6.45) is 5.93. The summed E-state index contributed by atoms with van der Waals surface area (Å²) >= 11 is 0. The molecular weight excluding hydrogens is 311 g/mol. The molecule has 0 unspecified atom stereocenters. The van der Waals surface area contributed by atoms with E-state index in [4.69, 9.17) is 0 Å². The number of amides is 1. The lowest BCUT2D eigenvalue weighted by Crippen LogP contribution is -2.46. The third-order valence-electron chi connectivity index (χ3n) is 4.31. The highest BCUT2D eigenvalue weighted by Gasteiger charge is 2.41. The molecule has 0 atom stereocenters. The number of rotatable bonds is 5. The molecule has 2 rings (SSSR count). The van der Waals surface area contributed by atoms with Crippen molar-refractivity contribution in [3.63, 3.8) is 0 Å². The zero-order valence-electron chi connectivity index (χ0n) is 12.6. The molecule has 0 aromatic carbocycles. The van der Waals surface area contributed by atoms with Gasteiger partial charge in [0.15, 0.2) is 5.75 Å². The van der Waals surface area contributed by atoms with Gasteiger partial charge in [-0.1, -0.05) is 17.7 Å². The number of halogens is 1. The van der Waals surface area contributed by atoms with Crippen LogP contribution >= 0.6 is 0 Å². The summed E-state index contributed by atoms with van der Waals surface area (Å²) in [7, 11) is -5.14. The average molecular weight is 330 g/mol. The fourth-order valence-corrected chi connectivity index (χ4v) is 3.41. The first-order valence-electron chi connectivity index (χ1n) is 7.22. The minimum Gasteiger partial charge on any atom is -0.357 e. The van der Waals surface area contributed by atoms with Crippen LogP contribution in [0.5, 0.6) is 5.75 Å². The van der Waals surface area contributed by atoms with Crippen LogP contribution in [0, 0.1) is 0 Å². The summed E-state index contributed by atoms with van der Waals surface area (Å²) < 4.78 is 37.7. The molecule has 1 saturated heterocycles. The Kier molecular flexibility index (Phi) is 4.69. The lowest BCUT2D eigenvalue weighted by atomic mass is 9.89. The van der Waals surface area contributed by atoms with Crippen molar-refractivity contribution >= 4 is 16.4 Å². The van der Waals surface area contributed by atoms with E-state index >= 15 is 0 Å². The number of carbonyl (C=O) groups excluding carboxylic acids is 1. The zero-order chi connectivity index (χ0) is 16.4. The van der Waals surface area contributed by atoms with Gasteiger partial charge in [-0.3, -0.25) is 9.78 Å². The second-order valence-corrected chi connectivity index (χ2v) is 6.33. The summed E-state index contributed by atoms with van der Waals surface area (Å²) in [6, 6.07) is 1.20. The van der Waals surface area contributed by atoms with Gasteiger partial charge in [-0.15, -0.1) is 0 Å². The SMILES string of the molecule is CCC1(CC)CCCN1C(=O)c1cncc(OS(=O)(=O)F)c1. The zero-order valence-corrected chi connectivity index (χ0v) is 13.4. The van der Waals surface area contributed by atoms with Gasteiger partial charge in [0, 0.05) is 18.3 Å². The quantitative estimate of drug-likeness (QED) is 0.775. The van der Waals surface area contributed by atoms with Crippen LogP contribution < -0.4 is 4.18 Å². The standard InChI is InChI=1S/C14H19FN2O4S/c1-3-14(4-2)6-5-7-17(14)13(18)11-8-12(10-16-9-11)21-22(15,19)20/h8-10H,3-7H2,1-2H3. The van der Waals surface area contributed by atoms with E-state index in [2.05, 4.69) is 9.17 Å². The normalized spacial score (nSPS) is 17.5. The van der Waals surface area contributed by atoms with Gasteiger partial charge in [0.1, 0.15) is 0 Å². The van der Waals surface area contributed by atoms with E-state index in [9.17, 15) is 17.1 Å². The van der Waals surface area contributed by atoms with Crippen LogP contribution in [0.1, 0.15) is 49.9 Å². The lowest BCUT2D eigenvalue weighted by Gasteiger charge is -2.37. The highest BCUT2D eigenvalue weighted by molar-refractivity contribution is 7.81. The Balaban J connectivity index is 2.28. The molecule has 6 nitrogen and oxygen atoms in total. The summed E-state index contributed by atoms with van der Waals surface area (Å²) in [4.78, 5) is 18.2. The van der Waals surface area contributed by atoms with Crippen molar-refractivity contribution in [1.29, 1.82) is 0 Å². The van der Waals surface area contributed by atoms with Gasteiger partial charge < -0.3 is 9.08 Å². The average Bonchev–Trinajstić information content (AvgIpc) is 2.89. The van der Waals surface area contributed by atoms with Gasteiger partial charge in [0.2, 0.25) is 0 Å². The molecule has 122 valence electrons. The van der Waals surface area contributed by atoms with Crippen LogP contribution in [0.25, 0.3) is 0 Å². The molecule has 1 fully saturated rings. The van der Waals surface area contributed by atoms with Crippen LogP contribution in [-0.2, 0) is 10.5 Å². The monoisotopic (exact) mass is 330 g/mol. The van der Waals surface area contributed by atoms with Gasteiger partial charge in [-0.25, -0.2) is 0 Å². The number of aromatic nitrogens is 1. The Labute approximate surface area is 129 Å². The maximum atomic E-state index is 12.7. The number of hydrogen-bond donors (Lipinski definition) is 0. The van der Waals surface area contributed by atoms with Crippen LogP contribution in [0.2, 0.25) is 0 Å². The molecule has 0 N–H and O–H groups in total. The van der Waals surface area contributed by atoms with Gasteiger partial charge in [0.05, 0.1) is 11.8 Å². The molecular formula is C14H19FN2O4S. The summed E-state index contributed by atoms with van der Waals surface area (Å²) in [6.45, 7) is 4.73. The van der Waals surface area contributed by atoms with E-state index in [0.717, 1.165) is 31.9 Å². The highest BCUT2D eigenvalue weighted by atomic mass is 32.3. The topological polar surface area (TPSA) is 76.6 Å². The Hall–Kier alpha value is -1.70. The predicted octanol–water partition coefficient (Wildman–Crippen LogP) is 2.47. The van der Waals surface area contributed by atoms with Gasteiger partial charge in [-0.05, 0) is 31.7 Å². The maximum absolute atomic E-state index is 12.7. The van der Waals surface area contributed by atoms with Crippen LogP contribution in [0.4, 0.5) is 3.89 Å². The molecule has 22 heavy (non-hydrogen) atoms. The van der Waals surface area contributed by atoms with Crippen LogP contribution in [0.15, 0.2) is 18.5 Å². The fraction of sp³-hybridized carbons (Fsp3) is 0.571. The van der Waals surface area contributed by atoms with E-state index in [1.807, 2.05) is 13.8 Å². The van der Waals surface area contributed by atoms with Crippen molar-refractivity contribution in [2.75, 3.05) is 6.54 Å². The second kappa shape index (κ2) is 6.20. The maximum Gasteiger partial charge on any atom is 0.488 e. The van der Waals surface area contributed by atoms with Crippen LogP contribution in [-0.4, -0.2) is 36.3 Å². The molecule has 0 spiro atoms. The second-order valence-electron chi connectivity index (χ2n) is 5.38. The number of carbonyl (C=O) groups is 1. The Morgan fingerprint density at radius 1 is 1.41 bits per heavy atom. The van der Waals surface area contributed by atoms with Crippen molar-refractivity contribution < 1.29 is 21.3 Å². The molecule has 0 saturated carbocycles. The number of pyridine rings is 1. The smallest absolute Gasteiger partial charge is 0.357 e. The lowest BCUT2D eigenvalue weighted by molar-refractivity contribution is 0.0573. The van der Waals surface area contributed by atoms with Crippen molar-refractivity contribution in [3.8, 4) is 5.75 Å². The molecule has 1 aromatic rings. The molecule has 0 radical (unpaired) electrons. The largest absolute Gasteiger partial charge is 0.488 e. The van der Waals surface area contributed by atoms with Crippen molar-refractivity contribution in [1.82, 2.24) is 9.88 Å². The van der Waals surface area contributed by atoms with Gasteiger partial charge in [0.25, 0.3) is 5.91 Å². The Morgan fingerprint density at radius 2 is 2.09 bits per heavy atom. The predicted molar refractivity (Wildman–Crippen MR) is 78.5 cm³/mol. The van der Waals surface area contributed by atoms with Crippen molar-refractivity contribution in [2.45, 2.75) is 45.1 Å². The van der Waals surface area contributed by atoms with E-state index in [1.54, 1.807) is 4.90 Å². The van der Waals surface area contributed by atoms with Crippen molar-refractivity contribution in [2.24, 2.45) is 0 Å².